The Hall–Kier alpha value is -0.860. The molecule has 0 atom stereocenters. The molecule has 1 aromatic carbocycles. The standard InChI is InChI=1S/C16H25NO/c1-15(2,3)17-11-9-16(18,10-12-17)13-14-7-5-4-6-8-14/h4-8,18H,9-13H2,1-3H3. The SMILES string of the molecule is CC(C)(C)N1CCC(O)(Cc2ccccc2)CC1. The zero-order valence-electron chi connectivity index (χ0n) is 11.8. The number of piperidine rings is 1. The number of benzene rings is 1. The van der Waals surface area contributed by atoms with Crippen molar-refractivity contribution >= 4 is 0 Å². The number of aliphatic hydroxyl groups is 1. The first-order valence-electron chi connectivity index (χ1n) is 6.90. The van der Waals surface area contributed by atoms with Crippen molar-refractivity contribution in [3.05, 3.63) is 35.9 Å². The van der Waals surface area contributed by atoms with Crippen molar-refractivity contribution in [1.82, 2.24) is 4.90 Å². The Morgan fingerprint density at radius 2 is 1.67 bits per heavy atom. The van der Waals surface area contributed by atoms with Gasteiger partial charge in [-0.2, -0.15) is 0 Å². The van der Waals surface area contributed by atoms with Gasteiger partial charge >= 0.3 is 0 Å². The first-order chi connectivity index (χ1) is 8.39. The van der Waals surface area contributed by atoms with Crippen molar-refractivity contribution in [2.24, 2.45) is 0 Å². The van der Waals surface area contributed by atoms with Crippen molar-refractivity contribution in [2.75, 3.05) is 13.1 Å². The molecule has 0 saturated carbocycles. The lowest BCUT2D eigenvalue weighted by atomic mass is 9.84. The van der Waals surface area contributed by atoms with Gasteiger partial charge in [0, 0.05) is 25.0 Å². The first kappa shape index (κ1) is 13.6. The van der Waals surface area contributed by atoms with E-state index in [1.807, 2.05) is 18.2 Å². The Morgan fingerprint density at radius 1 is 1.11 bits per heavy atom. The van der Waals surface area contributed by atoms with Crippen LogP contribution >= 0.6 is 0 Å². The summed E-state index contributed by atoms with van der Waals surface area (Å²) >= 11 is 0. The normalized spacial score (nSPS) is 20.9. The number of rotatable bonds is 2. The highest BCUT2D eigenvalue weighted by Crippen LogP contribution is 2.29. The monoisotopic (exact) mass is 247 g/mol. The molecule has 18 heavy (non-hydrogen) atoms. The van der Waals surface area contributed by atoms with E-state index in [1.54, 1.807) is 0 Å². The average Bonchev–Trinajstić information content (AvgIpc) is 2.29. The maximum absolute atomic E-state index is 10.7. The highest BCUT2D eigenvalue weighted by molar-refractivity contribution is 5.17. The van der Waals surface area contributed by atoms with Crippen LogP contribution < -0.4 is 0 Å². The van der Waals surface area contributed by atoms with Crippen molar-refractivity contribution in [1.29, 1.82) is 0 Å². The molecule has 1 aromatic rings. The van der Waals surface area contributed by atoms with E-state index in [-0.39, 0.29) is 5.54 Å². The van der Waals surface area contributed by atoms with Gasteiger partial charge in [0.25, 0.3) is 0 Å². The molecular formula is C16H25NO. The highest BCUT2D eigenvalue weighted by atomic mass is 16.3. The maximum Gasteiger partial charge on any atom is 0.0712 e. The topological polar surface area (TPSA) is 23.5 Å². The minimum atomic E-state index is -0.511. The van der Waals surface area contributed by atoms with Gasteiger partial charge in [-0.15, -0.1) is 0 Å². The van der Waals surface area contributed by atoms with Crippen LogP contribution in [0, 0.1) is 0 Å². The average molecular weight is 247 g/mol. The second kappa shape index (κ2) is 5.02. The summed E-state index contributed by atoms with van der Waals surface area (Å²) < 4.78 is 0. The van der Waals surface area contributed by atoms with Gasteiger partial charge < -0.3 is 5.11 Å². The predicted molar refractivity (Wildman–Crippen MR) is 75.7 cm³/mol. The van der Waals surface area contributed by atoms with E-state index < -0.39 is 5.60 Å². The molecule has 1 aliphatic heterocycles. The van der Waals surface area contributed by atoms with Gasteiger partial charge in [0.15, 0.2) is 0 Å². The van der Waals surface area contributed by atoms with E-state index in [0.717, 1.165) is 32.4 Å². The molecule has 0 spiro atoms. The van der Waals surface area contributed by atoms with E-state index in [4.69, 9.17) is 0 Å². The number of hydrogen-bond donors (Lipinski definition) is 1. The molecule has 2 rings (SSSR count). The quantitative estimate of drug-likeness (QED) is 0.868. The van der Waals surface area contributed by atoms with Crippen LogP contribution in [0.4, 0.5) is 0 Å². The number of likely N-dealkylation sites (tertiary alicyclic amines) is 1. The van der Waals surface area contributed by atoms with Gasteiger partial charge in [-0.05, 0) is 39.2 Å². The molecule has 1 fully saturated rings. The Labute approximate surface area is 111 Å². The maximum atomic E-state index is 10.7. The molecule has 1 saturated heterocycles. The van der Waals surface area contributed by atoms with Crippen molar-refractivity contribution < 1.29 is 5.11 Å². The van der Waals surface area contributed by atoms with Crippen LogP contribution in [0.1, 0.15) is 39.2 Å². The van der Waals surface area contributed by atoms with E-state index >= 15 is 0 Å². The predicted octanol–water partition coefficient (Wildman–Crippen LogP) is 2.85. The van der Waals surface area contributed by atoms with Crippen LogP contribution in [0.3, 0.4) is 0 Å². The molecule has 2 heteroatoms. The molecular weight excluding hydrogens is 222 g/mol. The first-order valence-corrected chi connectivity index (χ1v) is 6.90. The van der Waals surface area contributed by atoms with Crippen LogP contribution in [0.15, 0.2) is 30.3 Å². The lowest BCUT2D eigenvalue weighted by molar-refractivity contribution is -0.0410. The molecule has 0 bridgehead atoms. The second-order valence-electron chi connectivity index (χ2n) is 6.54. The Bertz CT molecular complexity index is 372. The summed E-state index contributed by atoms with van der Waals surface area (Å²) in [5.74, 6) is 0. The zero-order chi connectivity index (χ0) is 13.2. The smallest absolute Gasteiger partial charge is 0.0712 e. The van der Waals surface area contributed by atoms with Gasteiger partial charge in [0.1, 0.15) is 0 Å². The zero-order valence-corrected chi connectivity index (χ0v) is 11.8. The summed E-state index contributed by atoms with van der Waals surface area (Å²) in [5, 5.41) is 10.7. The molecule has 0 aromatic heterocycles. The fourth-order valence-electron chi connectivity index (χ4n) is 2.75. The number of hydrogen-bond acceptors (Lipinski definition) is 2. The number of nitrogens with zero attached hydrogens (tertiary/aromatic N) is 1. The molecule has 0 radical (unpaired) electrons. The van der Waals surface area contributed by atoms with Crippen LogP contribution in [-0.4, -0.2) is 34.2 Å². The summed E-state index contributed by atoms with van der Waals surface area (Å²) in [6.45, 7) is 8.72. The Balaban J connectivity index is 1.95. The third-order valence-corrected chi connectivity index (χ3v) is 4.02. The molecule has 1 aliphatic rings. The summed E-state index contributed by atoms with van der Waals surface area (Å²) in [4.78, 5) is 2.46. The van der Waals surface area contributed by atoms with Gasteiger partial charge in [-0.1, -0.05) is 30.3 Å². The molecule has 100 valence electrons. The summed E-state index contributed by atoms with van der Waals surface area (Å²) in [6, 6.07) is 10.3. The Kier molecular flexibility index (Phi) is 3.79. The van der Waals surface area contributed by atoms with Crippen molar-refractivity contribution in [3.8, 4) is 0 Å². The van der Waals surface area contributed by atoms with Gasteiger partial charge in [0.05, 0.1) is 5.60 Å². The van der Waals surface area contributed by atoms with Crippen molar-refractivity contribution in [3.63, 3.8) is 0 Å². The van der Waals surface area contributed by atoms with E-state index in [0.29, 0.717) is 0 Å². The minimum absolute atomic E-state index is 0.216. The van der Waals surface area contributed by atoms with Gasteiger partial charge in [-0.3, -0.25) is 4.90 Å². The fraction of sp³-hybridized carbons (Fsp3) is 0.625. The third-order valence-electron chi connectivity index (χ3n) is 4.02. The molecule has 0 unspecified atom stereocenters. The molecule has 1 N–H and O–H groups in total. The summed E-state index contributed by atoms with van der Waals surface area (Å²) in [5.41, 5.74) is 0.946. The van der Waals surface area contributed by atoms with Crippen molar-refractivity contribution in [2.45, 2.75) is 51.2 Å². The largest absolute Gasteiger partial charge is 0.389 e. The molecule has 2 nitrogen and oxygen atoms in total. The van der Waals surface area contributed by atoms with E-state index in [1.165, 1.54) is 5.56 Å². The summed E-state index contributed by atoms with van der Waals surface area (Å²) in [6.07, 6.45) is 2.53. The third kappa shape index (κ3) is 3.33. The fourth-order valence-corrected chi connectivity index (χ4v) is 2.75. The lowest BCUT2D eigenvalue weighted by Crippen LogP contribution is -2.52. The highest BCUT2D eigenvalue weighted by Gasteiger charge is 2.35. The van der Waals surface area contributed by atoms with Crippen LogP contribution in [0.5, 0.6) is 0 Å². The van der Waals surface area contributed by atoms with Crippen LogP contribution in [-0.2, 0) is 6.42 Å². The van der Waals surface area contributed by atoms with E-state index in [9.17, 15) is 5.11 Å². The van der Waals surface area contributed by atoms with Gasteiger partial charge in [0.2, 0.25) is 0 Å². The molecule has 1 heterocycles. The van der Waals surface area contributed by atoms with Gasteiger partial charge in [-0.25, -0.2) is 0 Å². The minimum Gasteiger partial charge on any atom is -0.389 e. The Morgan fingerprint density at radius 3 is 2.17 bits per heavy atom. The van der Waals surface area contributed by atoms with E-state index in [2.05, 4.69) is 37.8 Å². The molecule has 0 amide bonds. The summed E-state index contributed by atoms with van der Waals surface area (Å²) in [7, 11) is 0. The second-order valence-corrected chi connectivity index (χ2v) is 6.54. The van der Waals surface area contributed by atoms with Crippen LogP contribution in [0.25, 0.3) is 0 Å². The van der Waals surface area contributed by atoms with Crippen LogP contribution in [0.2, 0.25) is 0 Å². The lowest BCUT2D eigenvalue weighted by Gasteiger charge is -2.44. The molecule has 0 aliphatic carbocycles.